The van der Waals surface area contributed by atoms with Crippen LogP contribution in [0, 0.1) is 13.8 Å². The van der Waals surface area contributed by atoms with E-state index in [0.29, 0.717) is 5.02 Å². The van der Waals surface area contributed by atoms with Gasteiger partial charge in [0.1, 0.15) is 6.04 Å². The number of benzene rings is 2. The van der Waals surface area contributed by atoms with E-state index >= 15 is 0 Å². The Hall–Kier alpha value is -2.33. The van der Waals surface area contributed by atoms with Gasteiger partial charge < -0.3 is 10.2 Å². The number of carbonyl (C=O) groups is 2. The summed E-state index contributed by atoms with van der Waals surface area (Å²) in [6.07, 6.45) is 0.236. The maximum absolute atomic E-state index is 13.3. The van der Waals surface area contributed by atoms with Gasteiger partial charge in [-0.25, -0.2) is 0 Å². The van der Waals surface area contributed by atoms with Gasteiger partial charge >= 0.3 is 0 Å². The second kappa shape index (κ2) is 9.45. The number of aryl methyl sites for hydroxylation is 2. The van der Waals surface area contributed by atoms with Crippen LogP contribution >= 0.6 is 11.6 Å². The summed E-state index contributed by atoms with van der Waals surface area (Å²) < 4.78 is 0. The van der Waals surface area contributed by atoms with Crippen molar-refractivity contribution in [2.45, 2.75) is 66.1 Å². The number of rotatable bonds is 6. The Morgan fingerprint density at radius 2 is 1.66 bits per heavy atom. The van der Waals surface area contributed by atoms with Crippen LogP contribution in [-0.2, 0) is 22.6 Å². The molecule has 0 spiro atoms. The van der Waals surface area contributed by atoms with Crippen molar-refractivity contribution in [3.8, 4) is 0 Å². The highest BCUT2D eigenvalue weighted by molar-refractivity contribution is 6.31. The lowest BCUT2D eigenvalue weighted by Gasteiger charge is -2.32. The van der Waals surface area contributed by atoms with Gasteiger partial charge in [-0.2, -0.15) is 0 Å². The molecule has 5 heteroatoms. The molecule has 0 aliphatic heterocycles. The van der Waals surface area contributed by atoms with E-state index in [0.717, 1.165) is 22.3 Å². The van der Waals surface area contributed by atoms with Crippen LogP contribution in [-0.4, -0.2) is 28.3 Å². The Bertz CT molecular complexity index is 866. The summed E-state index contributed by atoms with van der Waals surface area (Å²) in [6, 6.07) is 12.9. The summed E-state index contributed by atoms with van der Waals surface area (Å²) in [6.45, 7) is 11.8. The first-order chi connectivity index (χ1) is 13.5. The first-order valence-corrected chi connectivity index (χ1v) is 10.3. The molecule has 0 aromatic heterocycles. The van der Waals surface area contributed by atoms with E-state index in [-0.39, 0.29) is 30.3 Å². The molecule has 0 heterocycles. The van der Waals surface area contributed by atoms with Gasteiger partial charge in [-0.05, 0) is 58.7 Å². The van der Waals surface area contributed by atoms with Crippen molar-refractivity contribution in [1.82, 2.24) is 10.2 Å². The standard InChI is InChI=1S/C24H31ClN2O2/c1-16-11-17(2)13-19(12-16)14-22(28)27(15-20-9-7-8-10-21(20)25)18(3)23(29)26-24(4,5)6/h7-13,18H,14-15H2,1-6H3,(H,26,29)/t18-/m0/s1. The Labute approximate surface area is 179 Å². The molecule has 0 aliphatic rings. The molecule has 156 valence electrons. The predicted octanol–water partition coefficient (Wildman–Crippen LogP) is 4.83. The van der Waals surface area contributed by atoms with Gasteiger partial charge in [0, 0.05) is 17.1 Å². The molecule has 1 atom stereocenters. The second-order valence-corrected chi connectivity index (χ2v) is 9.11. The summed E-state index contributed by atoms with van der Waals surface area (Å²) >= 11 is 6.33. The minimum Gasteiger partial charge on any atom is -0.350 e. The lowest BCUT2D eigenvalue weighted by molar-refractivity contribution is -0.140. The first kappa shape index (κ1) is 23.0. The second-order valence-electron chi connectivity index (χ2n) is 8.70. The third-order valence-corrected chi connectivity index (χ3v) is 4.97. The highest BCUT2D eigenvalue weighted by Crippen LogP contribution is 2.20. The number of amides is 2. The van der Waals surface area contributed by atoms with Gasteiger partial charge in [-0.15, -0.1) is 0 Å². The van der Waals surface area contributed by atoms with Gasteiger partial charge in [-0.3, -0.25) is 9.59 Å². The predicted molar refractivity (Wildman–Crippen MR) is 119 cm³/mol. The minimum atomic E-state index is -0.621. The highest BCUT2D eigenvalue weighted by Gasteiger charge is 2.28. The molecule has 0 aliphatic carbocycles. The summed E-state index contributed by atoms with van der Waals surface area (Å²) in [7, 11) is 0. The van der Waals surface area contributed by atoms with Crippen LogP contribution in [0.2, 0.25) is 5.02 Å². The zero-order valence-corrected chi connectivity index (χ0v) is 18.9. The summed E-state index contributed by atoms with van der Waals surface area (Å²) in [4.78, 5) is 27.7. The van der Waals surface area contributed by atoms with E-state index in [4.69, 9.17) is 11.6 Å². The molecule has 0 saturated carbocycles. The molecule has 1 N–H and O–H groups in total. The van der Waals surface area contributed by atoms with Gasteiger partial charge in [0.15, 0.2) is 0 Å². The third kappa shape index (κ3) is 6.90. The normalized spacial score (nSPS) is 12.4. The van der Waals surface area contributed by atoms with Crippen molar-refractivity contribution in [2.24, 2.45) is 0 Å². The Morgan fingerprint density at radius 1 is 1.07 bits per heavy atom. The van der Waals surface area contributed by atoms with Crippen LogP contribution in [0.5, 0.6) is 0 Å². The Kier molecular flexibility index (Phi) is 7.48. The van der Waals surface area contributed by atoms with Crippen molar-refractivity contribution >= 4 is 23.4 Å². The molecule has 2 amide bonds. The Morgan fingerprint density at radius 3 is 2.21 bits per heavy atom. The zero-order valence-electron chi connectivity index (χ0n) is 18.2. The van der Waals surface area contributed by atoms with Crippen LogP contribution in [0.1, 0.15) is 49.9 Å². The number of nitrogens with one attached hydrogen (secondary N) is 1. The fourth-order valence-corrected chi connectivity index (χ4v) is 3.51. The van der Waals surface area contributed by atoms with Crippen LogP contribution in [0.4, 0.5) is 0 Å². The highest BCUT2D eigenvalue weighted by atomic mass is 35.5. The van der Waals surface area contributed by atoms with Gasteiger partial charge in [0.05, 0.1) is 6.42 Å². The number of hydrogen-bond donors (Lipinski definition) is 1. The summed E-state index contributed by atoms with van der Waals surface area (Å²) in [5.74, 6) is -0.287. The average Bonchev–Trinajstić information content (AvgIpc) is 2.58. The molecule has 2 aromatic carbocycles. The Balaban J connectivity index is 2.30. The van der Waals surface area contributed by atoms with Crippen LogP contribution in [0.3, 0.4) is 0 Å². The average molecular weight is 415 g/mol. The molecule has 29 heavy (non-hydrogen) atoms. The van der Waals surface area contributed by atoms with Crippen molar-refractivity contribution in [1.29, 1.82) is 0 Å². The molecule has 0 saturated heterocycles. The van der Waals surface area contributed by atoms with E-state index in [1.54, 1.807) is 17.9 Å². The summed E-state index contributed by atoms with van der Waals surface area (Å²) in [5, 5.41) is 3.55. The molecule has 0 radical (unpaired) electrons. The quantitative estimate of drug-likeness (QED) is 0.735. The SMILES string of the molecule is Cc1cc(C)cc(CC(=O)N(Cc2ccccc2Cl)[C@@H](C)C(=O)NC(C)(C)C)c1. The lowest BCUT2D eigenvalue weighted by atomic mass is 10.0. The minimum absolute atomic E-state index is 0.105. The lowest BCUT2D eigenvalue weighted by Crippen LogP contribution is -2.52. The van der Waals surface area contributed by atoms with Crippen molar-refractivity contribution < 1.29 is 9.59 Å². The van der Waals surface area contributed by atoms with E-state index in [9.17, 15) is 9.59 Å². The van der Waals surface area contributed by atoms with E-state index in [1.807, 2.05) is 65.0 Å². The van der Waals surface area contributed by atoms with Crippen LogP contribution in [0.15, 0.2) is 42.5 Å². The fraction of sp³-hybridized carbons (Fsp3) is 0.417. The van der Waals surface area contributed by atoms with E-state index in [1.165, 1.54) is 0 Å². The van der Waals surface area contributed by atoms with Gasteiger partial charge in [0.2, 0.25) is 11.8 Å². The number of hydrogen-bond acceptors (Lipinski definition) is 2. The molecular weight excluding hydrogens is 384 g/mol. The van der Waals surface area contributed by atoms with Gasteiger partial charge in [0.25, 0.3) is 0 Å². The molecule has 2 aromatic rings. The maximum atomic E-state index is 13.3. The number of carbonyl (C=O) groups excluding carboxylic acids is 2. The number of nitrogens with zero attached hydrogens (tertiary/aromatic N) is 1. The van der Waals surface area contributed by atoms with E-state index in [2.05, 4.69) is 11.4 Å². The van der Waals surface area contributed by atoms with Gasteiger partial charge in [-0.1, -0.05) is 59.1 Å². The smallest absolute Gasteiger partial charge is 0.242 e. The molecule has 4 nitrogen and oxygen atoms in total. The molecule has 0 fully saturated rings. The molecule has 2 rings (SSSR count). The first-order valence-electron chi connectivity index (χ1n) is 9.88. The van der Waals surface area contributed by atoms with E-state index < -0.39 is 6.04 Å². The van der Waals surface area contributed by atoms with Crippen molar-refractivity contribution in [3.63, 3.8) is 0 Å². The topological polar surface area (TPSA) is 49.4 Å². The zero-order chi connectivity index (χ0) is 21.8. The molecule has 0 unspecified atom stereocenters. The largest absolute Gasteiger partial charge is 0.350 e. The third-order valence-electron chi connectivity index (χ3n) is 4.60. The van der Waals surface area contributed by atoms with Crippen molar-refractivity contribution in [3.05, 3.63) is 69.7 Å². The van der Waals surface area contributed by atoms with Crippen LogP contribution < -0.4 is 5.32 Å². The molecule has 0 bridgehead atoms. The van der Waals surface area contributed by atoms with Crippen molar-refractivity contribution in [2.75, 3.05) is 0 Å². The summed E-state index contributed by atoms with van der Waals surface area (Å²) in [5.41, 5.74) is 3.62. The maximum Gasteiger partial charge on any atom is 0.242 e. The number of halogens is 1. The fourth-order valence-electron chi connectivity index (χ4n) is 3.31. The molecular formula is C24H31ClN2O2. The monoisotopic (exact) mass is 414 g/mol. The van der Waals surface area contributed by atoms with Crippen LogP contribution in [0.25, 0.3) is 0 Å².